The van der Waals surface area contributed by atoms with Crippen molar-refractivity contribution < 1.29 is 43.3 Å². The Morgan fingerprint density at radius 3 is 2.67 bits per heavy atom. The third-order valence-corrected chi connectivity index (χ3v) is 5.54. The van der Waals surface area contributed by atoms with Crippen LogP contribution in [0, 0.1) is 12.7 Å². The summed E-state index contributed by atoms with van der Waals surface area (Å²) in [5.41, 5.74) is 1.16. The highest BCUT2D eigenvalue weighted by atomic mass is 31.2. The van der Waals surface area contributed by atoms with Gasteiger partial charge < -0.3 is 29.9 Å². The summed E-state index contributed by atoms with van der Waals surface area (Å²) in [7, 11) is -4.95. The standard InChI is InChI=1S/C18H21FN5O8P/c1-8-2-9(3-10(12(8)19)32-33(28,29)30)4-20-16-13-17(22-6-21-16)24(7-23-13)18-15(27)14(26)11(5-25)31-18/h2-3,6-7,11,14-15,18,25-27H,4-5H2,1H3,(H,20,21,22)(H2,28,29,30)/t11-,14-,15-,18-/m1/s1. The maximum absolute atomic E-state index is 14.2. The van der Waals surface area contributed by atoms with Crippen molar-refractivity contribution in [2.45, 2.75) is 38.0 Å². The largest absolute Gasteiger partial charge is 0.524 e. The summed E-state index contributed by atoms with van der Waals surface area (Å²) in [4.78, 5) is 30.5. The van der Waals surface area contributed by atoms with Crippen LogP contribution < -0.4 is 9.84 Å². The molecule has 0 amide bonds. The Hall–Kier alpha value is -2.71. The zero-order valence-electron chi connectivity index (χ0n) is 17.1. The molecule has 3 aromatic rings. The van der Waals surface area contributed by atoms with Crippen LogP contribution in [0.15, 0.2) is 24.8 Å². The molecule has 6 N–H and O–H groups in total. The topological polar surface area (TPSA) is 192 Å². The third kappa shape index (κ3) is 4.68. The number of ether oxygens (including phenoxy) is 1. The summed E-state index contributed by atoms with van der Waals surface area (Å²) in [6.07, 6.45) is -2.02. The van der Waals surface area contributed by atoms with Gasteiger partial charge in [-0.05, 0) is 24.1 Å². The van der Waals surface area contributed by atoms with Gasteiger partial charge in [-0.1, -0.05) is 6.07 Å². The quantitative estimate of drug-likeness (QED) is 0.245. The zero-order valence-corrected chi connectivity index (χ0v) is 18.0. The van der Waals surface area contributed by atoms with Crippen LogP contribution in [0.1, 0.15) is 17.4 Å². The van der Waals surface area contributed by atoms with Crippen LogP contribution in [0.2, 0.25) is 0 Å². The fourth-order valence-electron chi connectivity index (χ4n) is 3.57. The summed E-state index contributed by atoms with van der Waals surface area (Å²) >= 11 is 0. The molecule has 33 heavy (non-hydrogen) atoms. The van der Waals surface area contributed by atoms with Gasteiger partial charge in [0.1, 0.15) is 24.6 Å². The van der Waals surface area contributed by atoms with Gasteiger partial charge in [-0.25, -0.2) is 23.9 Å². The molecule has 4 rings (SSSR count). The molecule has 0 saturated carbocycles. The van der Waals surface area contributed by atoms with Gasteiger partial charge in [0, 0.05) is 6.54 Å². The van der Waals surface area contributed by atoms with Crippen molar-refractivity contribution in [1.82, 2.24) is 19.5 Å². The van der Waals surface area contributed by atoms with E-state index in [1.165, 1.54) is 30.2 Å². The Kier molecular flexibility index (Phi) is 6.33. The van der Waals surface area contributed by atoms with Gasteiger partial charge in [-0.2, -0.15) is 0 Å². The average molecular weight is 485 g/mol. The van der Waals surface area contributed by atoms with Crippen LogP contribution in [-0.4, -0.2) is 69.5 Å². The van der Waals surface area contributed by atoms with Crippen molar-refractivity contribution in [1.29, 1.82) is 0 Å². The first-order valence-corrected chi connectivity index (χ1v) is 11.2. The number of aliphatic hydroxyl groups is 3. The number of nitrogens with one attached hydrogen (secondary N) is 1. The molecule has 13 nitrogen and oxygen atoms in total. The highest BCUT2D eigenvalue weighted by molar-refractivity contribution is 7.46. The van der Waals surface area contributed by atoms with Gasteiger partial charge in [0.25, 0.3) is 0 Å². The zero-order chi connectivity index (χ0) is 23.9. The Bertz CT molecular complexity index is 1220. The third-order valence-electron chi connectivity index (χ3n) is 5.11. The van der Waals surface area contributed by atoms with E-state index < -0.39 is 50.5 Å². The molecule has 1 aliphatic rings. The lowest BCUT2D eigenvalue weighted by molar-refractivity contribution is -0.0511. The lowest BCUT2D eigenvalue weighted by Crippen LogP contribution is -2.33. The number of phosphoric ester groups is 1. The van der Waals surface area contributed by atoms with E-state index in [0.717, 1.165) is 6.07 Å². The molecule has 3 heterocycles. The van der Waals surface area contributed by atoms with E-state index in [2.05, 4.69) is 24.8 Å². The lowest BCUT2D eigenvalue weighted by atomic mass is 10.1. The molecular weight excluding hydrogens is 464 g/mol. The second-order valence-corrected chi connectivity index (χ2v) is 8.60. The molecule has 0 bridgehead atoms. The molecule has 4 atom stereocenters. The molecule has 0 aliphatic carbocycles. The Morgan fingerprint density at radius 1 is 1.24 bits per heavy atom. The summed E-state index contributed by atoms with van der Waals surface area (Å²) in [5.74, 6) is -1.18. The molecular formula is C18H21FN5O8P. The highest BCUT2D eigenvalue weighted by Gasteiger charge is 2.44. The predicted molar refractivity (Wildman–Crippen MR) is 109 cm³/mol. The monoisotopic (exact) mass is 485 g/mol. The Morgan fingerprint density at radius 2 is 2.00 bits per heavy atom. The van der Waals surface area contributed by atoms with E-state index in [1.54, 1.807) is 0 Å². The van der Waals surface area contributed by atoms with E-state index in [0.29, 0.717) is 11.1 Å². The minimum Gasteiger partial charge on any atom is -0.401 e. The van der Waals surface area contributed by atoms with Crippen molar-refractivity contribution in [2.24, 2.45) is 0 Å². The molecule has 1 aliphatic heterocycles. The highest BCUT2D eigenvalue weighted by Crippen LogP contribution is 2.40. The SMILES string of the molecule is Cc1cc(CNc2ncnc3c2ncn3[C@@H]2O[C@H](CO)[C@@H](O)[C@H]2O)cc(OP(=O)(O)O)c1F. The summed E-state index contributed by atoms with van der Waals surface area (Å²) < 4.78 is 36.6. The van der Waals surface area contributed by atoms with Gasteiger partial charge in [-0.15, -0.1) is 0 Å². The number of nitrogens with zero attached hydrogens (tertiary/aromatic N) is 4. The van der Waals surface area contributed by atoms with E-state index in [4.69, 9.17) is 14.5 Å². The van der Waals surface area contributed by atoms with Gasteiger partial charge in [0.2, 0.25) is 0 Å². The van der Waals surface area contributed by atoms with E-state index >= 15 is 0 Å². The average Bonchev–Trinajstić information content (AvgIpc) is 3.30. The van der Waals surface area contributed by atoms with E-state index in [1.807, 2.05) is 0 Å². The normalized spacial score (nSPS) is 23.2. The van der Waals surface area contributed by atoms with E-state index in [9.17, 15) is 24.3 Å². The maximum Gasteiger partial charge on any atom is 0.524 e. The Labute approximate surface area is 185 Å². The molecule has 2 aromatic heterocycles. The molecule has 0 spiro atoms. The van der Waals surface area contributed by atoms with Crippen LogP contribution in [-0.2, 0) is 15.8 Å². The first kappa shape index (κ1) is 23.4. The maximum atomic E-state index is 14.2. The number of rotatable bonds is 7. The number of aromatic nitrogens is 4. The predicted octanol–water partition coefficient (Wildman–Crippen LogP) is -0.0311. The molecule has 1 aromatic carbocycles. The molecule has 15 heteroatoms. The van der Waals surface area contributed by atoms with Crippen LogP contribution in [0.5, 0.6) is 5.75 Å². The van der Waals surface area contributed by atoms with Crippen molar-refractivity contribution in [2.75, 3.05) is 11.9 Å². The summed E-state index contributed by atoms with van der Waals surface area (Å²) in [6, 6.07) is 2.63. The fourth-order valence-corrected chi connectivity index (χ4v) is 3.96. The van der Waals surface area contributed by atoms with Crippen molar-refractivity contribution in [3.8, 4) is 5.75 Å². The number of anilines is 1. The van der Waals surface area contributed by atoms with Crippen molar-refractivity contribution in [3.63, 3.8) is 0 Å². The molecule has 0 radical (unpaired) electrons. The lowest BCUT2D eigenvalue weighted by Gasteiger charge is -2.16. The Balaban J connectivity index is 1.58. The minimum absolute atomic E-state index is 0.0749. The van der Waals surface area contributed by atoms with Crippen LogP contribution >= 0.6 is 7.82 Å². The van der Waals surface area contributed by atoms with Gasteiger partial charge in [-0.3, -0.25) is 14.4 Å². The molecule has 178 valence electrons. The van der Waals surface area contributed by atoms with Gasteiger partial charge in [0.15, 0.2) is 34.8 Å². The number of benzene rings is 1. The van der Waals surface area contributed by atoms with Crippen LogP contribution in [0.3, 0.4) is 0 Å². The minimum atomic E-state index is -4.95. The number of aliphatic hydroxyl groups excluding tert-OH is 3. The molecule has 0 unspecified atom stereocenters. The molecule has 1 saturated heterocycles. The van der Waals surface area contributed by atoms with Crippen molar-refractivity contribution >= 4 is 24.8 Å². The number of phosphoric acid groups is 1. The van der Waals surface area contributed by atoms with Gasteiger partial charge in [0.05, 0.1) is 12.9 Å². The van der Waals surface area contributed by atoms with Crippen LogP contribution in [0.25, 0.3) is 11.2 Å². The molecule has 1 fully saturated rings. The van der Waals surface area contributed by atoms with Crippen molar-refractivity contribution in [3.05, 3.63) is 41.7 Å². The summed E-state index contributed by atoms with van der Waals surface area (Å²) in [6.45, 7) is 1.02. The fraction of sp³-hybridized carbons (Fsp3) is 0.389. The first-order chi connectivity index (χ1) is 15.6. The van der Waals surface area contributed by atoms with Crippen LogP contribution in [0.4, 0.5) is 10.2 Å². The second kappa shape index (κ2) is 8.91. The number of hydrogen-bond donors (Lipinski definition) is 6. The number of halogens is 1. The number of imidazole rings is 1. The number of aryl methyl sites for hydroxylation is 1. The number of hydrogen-bond acceptors (Lipinski definition) is 10. The first-order valence-electron chi connectivity index (χ1n) is 9.67. The van der Waals surface area contributed by atoms with Gasteiger partial charge >= 0.3 is 7.82 Å². The summed E-state index contributed by atoms with van der Waals surface area (Å²) in [5, 5.41) is 32.6. The van der Waals surface area contributed by atoms with E-state index in [-0.39, 0.29) is 23.6 Å². The smallest absolute Gasteiger partial charge is 0.401 e. The second-order valence-electron chi connectivity index (χ2n) is 7.44. The number of fused-ring (bicyclic) bond motifs is 1.